The second-order valence-electron chi connectivity index (χ2n) is 5.92. The van der Waals surface area contributed by atoms with E-state index < -0.39 is 0 Å². The van der Waals surface area contributed by atoms with Crippen molar-refractivity contribution in [3.63, 3.8) is 0 Å². The molecule has 2 heterocycles. The zero-order valence-corrected chi connectivity index (χ0v) is 12.4. The van der Waals surface area contributed by atoms with Gasteiger partial charge in [-0.3, -0.25) is 9.69 Å². The number of fused-ring (bicyclic) bond motifs is 1. The summed E-state index contributed by atoms with van der Waals surface area (Å²) in [6, 6.07) is 8.09. The van der Waals surface area contributed by atoms with Crippen LogP contribution in [-0.2, 0) is 6.54 Å². The molecule has 0 bridgehead atoms. The van der Waals surface area contributed by atoms with Gasteiger partial charge >= 0.3 is 0 Å². The predicted molar refractivity (Wildman–Crippen MR) is 84.1 cm³/mol. The first-order chi connectivity index (χ1) is 10.1. The molecule has 1 fully saturated rings. The molecule has 0 aliphatic carbocycles. The van der Waals surface area contributed by atoms with Crippen molar-refractivity contribution in [2.75, 3.05) is 6.54 Å². The van der Waals surface area contributed by atoms with Crippen LogP contribution in [0.25, 0.3) is 11.0 Å². The molecule has 0 spiro atoms. The summed E-state index contributed by atoms with van der Waals surface area (Å²) in [5, 5.41) is 0. The molecule has 21 heavy (non-hydrogen) atoms. The predicted octanol–water partition coefficient (Wildman–Crippen LogP) is 1.62. The van der Waals surface area contributed by atoms with Crippen molar-refractivity contribution < 1.29 is 0 Å². The summed E-state index contributed by atoms with van der Waals surface area (Å²) in [4.78, 5) is 22.0. The van der Waals surface area contributed by atoms with E-state index in [9.17, 15) is 4.79 Å². The Bertz CT molecular complexity index is 679. The number of nitrogens with one attached hydrogen (secondary N) is 1. The third-order valence-corrected chi connectivity index (χ3v) is 4.29. The Hall–Kier alpha value is -1.72. The first kappa shape index (κ1) is 14.2. The molecule has 1 saturated heterocycles. The molecular weight excluding hydrogens is 264 g/mol. The number of para-hydroxylation sites is 2. The fourth-order valence-electron chi connectivity index (χ4n) is 3.18. The summed E-state index contributed by atoms with van der Waals surface area (Å²) in [5.74, 6) is 0. The van der Waals surface area contributed by atoms with Gasteiger partial charge in [0, 0.05) is 18.6 Å². The van der Waals surface area contributed by atoms with Crippen LogP contribution in [0.3, 0.4) is 0 Å². The van der Waals surface area contributed by atoms with Crippen LogP contribution in [0.1, 0.15) is 31.9 Å². The maximum Gasteiger partial charge on any atom is 0.271 e. The molecule has 0 radical (unpaired) electrons. The molecule has 1 aromatic heterocycles. The fraction of sp³-hybridized carbons (Fsp3) is 0.500. The molecule has 3 N–H and O–H groups in total. The number of aromatic nitrogens is 2. The van der Waals surface area contributed by atoms with Gasteiger partial charge in [-0.25, -0.2) is 4.98 Å². The minimum atomic E-state index is -0.0947. The monoisotopic (exact) mass is 286 g/mol. The maximum atomic E-state index is 12.2. The van der Waals surface area contributed by atoms with Crippen LogP contribution in [0.2, 0.25) is 0 Å². The number of nitrogens with two attached hydrogens (primary N) is 1. The van der Waals surface area contributed by atoms with Gasteiger partial charge in [-0.2, -0.15) is 0 Å². The van der Waals surface area contributed by atoms with Gasteiger partial charge in [0.05, 0.1) is 11.0 Å². The highest BCUT2D eigenvalue weighted by Crippen LogP contribution is 2.20. The molecular formula is C16H22N4O. The Labute approximate surface area is 124 Å². The number of hydrogen-bond donors (Lipinski definition) is 2. The van der Waals surface area contributed by atoms with E-state index >= 15 is 0 Å². The second-order valence-corrected chi connectivity index (χ2v) is 5.92. The van der Waals surface area contributed by atoms with E-state index in [1.165, 1.54) is 6.42 Å². The van der Waals surface area contributed by atoms with Crippen LogP contribution in [0.4, 0.5) is 0 Å². The highest BCUT2D eigenvalue weighted by atomic mass is 16.1. The normalized spacial score (nSPS) is 21.5. The molecule has 0 amide bonds. The van der Waals surface area contributed by atoms with E-state index in [0.29, 0.717) is 18.3 Å². The number of hydrogen-bond acceptors (Lipinski definition) is 4. The van der Waals surface area contributed by atoms with Crippen molar-refractivity contribution in [1.29, 1.82) is 0 Å². The number of aromatic amines is 1. The van der Waals surface area contributed by atoms with E-state index in [-0.39, 0.29) is 11.6 Å². The number of likely N-dealkylation sites (tertiary alicyclic amines) is 1. The van der Waals surface area contributed by atoms with Crippen LogP contribution < -0.4 is 11.3 Å². The molecule has 0 saturated carbocycles. The Morgan fingerprint density at radius 1 is 1.43 bits per heavy atom. The number of rotatable bonds is 3. The molecule has 1 aliphatic heterocycles. The van der Waals surface area contributed by atoms with Gasteiger partial charge in [0.25, 0.3) is 5.56 Å². The summed E-state index contributed by atoms with van der Waals surface area (Å²) >= 11 is 0. The van der Waals surface area contributed by atoms with Gasteiger partial charge in [0.15, 0.2) is 0 Å². The highest BCUT2D eigenvalue weighted by molar-refractivity contribution is 5.73. The van der Waals surface area contributed by atoms with Crippen LogP contribution in [0, 0.1) is 0 Å². The van der Waals surface area contributed by atoms with Gasteiger partial charge in [-0.15, -0.1) is 0 Å². The molecule has 2 atom stereocenters. The van der Waals surface area contributed by atoms with Crippen molar-refractivity contribution in [3.05, 3.63) is 40.3 Å². The van der Waals surface area contributed by atoms with E-state index in [2.05, 4.69) is 14.9 Å². The minimum absolute atomic E-state index is 0.0947. The van der Waals surface area contributed by atoms with Crippen LogP contribution in [-0.4, -0.2) is 33.5 Å². The van der Waals surface area contributed by atoms with Crippen molar-refractivity contribution in [2.45, 2.75) is 44.8 Å². The van der Waals surface area contributed by atoms with Crippen molar-refractivity contribution in [1.82, 2.24) is 14.9 Å². The van der Waals surface area contributed by atoms with Crippen molar-refractivity contribution in [2.24, 2.45) is 5.73 Å². The van der Waals surface area contributed by atoms with Crippen LogP contribution >= 0.6 is 0 Å². The van der Waals surface area contributed by atoms with Gasteiger partial charge < -0.3 is 10.7 Å². The molecule has 5 nitrogen and oxygen atoms in total. The molecule has 2 aromatic rings. The molecule has 5 heteroatoms. The number of nitrogens with zero attached hydrogens (tertiary/aromatic N) is 2. The molecule has 2 unspecified atom stereocenters. The summed E-state index contributed by atoms with van der Waals surface area (Å²) in [6.45, 7) is 3.60. The highest BCUT2D eigenvalue weighted by Gasteiger charge is 2.26. The van der Waals surface area contributed by atoms with Crippen LogP contribution in [0.5, 0.6) is 0 Å². The van der Waals surface area contributed by atoms with Gasteiger partial charge in [-0.05, 0) is 38.4 Å². The van der Waals surface area contributed by atoms with Crippen molar-refractivity contribution in [3.8, 4) is 0 Å². The molecule has 3 rings (SSSR count). The average Bonchev–Trinajstić information content (AvgIpc) is 2.48. The van der Waals surface area contributed by atoms with Gasteiger partial charge in [-0.1, -0.05) is 18.6 Å². The second kappa shape index (κ2) is 5.95. The Balaban J connectivity index is 1.89. The lowest BCUT2D eigenvalue weighted by molar-refractivity contribution is 0.121. The minimum Gasteiger partial charge on any atom is -0.327 e. The lowest BCUT2D eigenvalue weighted by atomic mass is 9.97. The third kappa shape index (κ3) is 2.99. The van der Waals surface area contributed by atoms with E-state index in [1.54, 1.807) is 0 Å². The quantitative estimate of drug-likeness (QED) is 0.899. The standard InChI is InChI=1S/C16H22N4O/c1-11(17)15-8-4-5-9-20(15)10-14-16(21)19-13-7-3-2-6-12(13)18-14/h2-3,6-7,11,15H,4-5,8-10,17H2,1H3,(H,19,21). The molecule has 1 aliphatic rings. The third-order valence-electron chi connectivity index (χ3n) is 4.29. The largest absolute Gasteiger partial charge is 0.327 e. The average molecular weight is 286 g/mol. The first-order valence-corrected chi connectivity index (χ1v) is 7.63. The lowest BCUT2D eigenvalue weighted by Crippen LogP contribution is -2.49. The fourth-order valence-corrected chi connectivity index (χ4v) is 3.18. The number of benzene rings is 1. The Morgan fingerprint density at radius 3 is 3.05 bits per heavy atom. The summed E-state index contributed by atoms with van der Waals surface area (Å²) in [6.07, 6.45) is 3.47. The lowest BCUT2D eigenvalue weighted by Gasteiger charge is -2.37. The van der Waals surface area contributed by atoms with Crippen molar-refractivity contribution >= 4 is 11.0 Å². The van der Waals surface area contributed by atoms with Gasteiger partial charge in [0.1, 0.15) is 5.69 Å². The Kier molecular flexibility index (Phi) is 4.03. The molecule has 1 aromatic carbocycles. The molecule has 112 valence electrons. The smallest absolute Gasteiger partial charge is 0.271 e. The van der Waals surface area contributed by atoms with E-state index in [1.807, 2.05) is 31.2 Å². The zero-order valence-electron chi connectivity index (χ0n) is 12.4. The Morgan fingerprint density at radius 2 is 2.24 bits per heavy atom. The van der Waals surface area contributed by atoms with E-state index in [4.69, 9.17) is 5.73 Å². The summed E-state index contributed by atoms with van der Waals surface area (Å²) < 4.78 is 0. The topological polar surface area (TPSA) is 75.0 Å². The SMILES string of the molecule is CC(N)C1CCCCN1Cc1nc2ccccc2[nH]c1=O. The zero-order chi connectivity index (χ0) is 14.8. The van der Waals surface area contributed by atoms with Crippen LogP contribution in [0.15, 0.2) is 29.1 Å². The summed E-state index contributed by atoms with van der Waals surface area (Å²) in [7, 11) is 0. The maximum absolute atomic E-state index is 12.2. The van der Waals surface area contributed by atoms with E-state index in [0.717, 1.165) is 30.4 Å². The number of piperidine rings is 1. The van der Waals surface area contributed by atoms with Gasteiger partial charge in [0.2, 0.25) is 0 Å². The number of H-pyrrole nitrogens is 1. The first-order valence-electron chi connectivity index (χ1n) is 7.63. The summed E-state index contributed by atoms with van der Waals surface area (Å²) in [5.41, 5.74) is 8.20.